The SMILES string of the molecule is CN[C@@H](CC(C)C)C(=O)N[C@@H](CCCCN)C(=O)N1CCC[C@H]1C=O. The first kappa shape index (κ1) is 21.6. The van der Waals surface area contributed by atoms with Gasteiger partial charge in [0.05, 0.1) is 12.1 Å². The van der Waals surface area contributed by atoms with Crippen LogP contribution in [0.2, 0.25) is 0 Å². The van der Waals surface area contributed by atoms with E-state index in [1.807, 2.05) is 0 Å². The number of aldehydes is 1. The second-order valence-electron chi connectivity index (χ2n) is 7.19. The first-order valence-corrected chi connectivity index (χ1v) is 9.38. The van der Waals surface area contributed by atoms with Gasteiger partial charge in [0.15, 0.2) is 0 Å². The lowest BCUT2D eigenvalue weighted by Gasteiger charge is -2.28. The minimum absolute atomic E-state index is 0.153. The fraction of sp³-hybridized carbons (Fsp3) is 0.833. The van der Waals surface area contributed by atoms with E-state index in [-0.39, 0.29) is 23.9 Å². The molecule has 0 bridgehead atoms. The van der Waals surface area contributed by atoms with Gasteiger partial charge in [-0.25, -0.2) is 0 Å². The Hall–Kier alpha value is -1.47. The molecule has 0 aromatic rings. The van der Waals surface area contributed by atoms with E-state index in [9.17, 15) is 14.4 Å². The zero-order valence-corrected chi connectivity index (χ0v) is 15.8. The number of nitrogens with two attached hydrogens (primary N) is 1. The van der Waals surface area contributed by atoms with Crippen LogP contribution >= 0.6 is 0 Å². The van der Waals surface area contributed by atoms with Crippen LogP contribution in [0.1, 0.15) is 52.4 Å². The van der Waals surface area contributed by atoms with Crippen LogP contribution in [0.3, 0.4) is 0 Å². The van der Waals surface area contributed by atoms with Crippen LogP contribution in [0.5, 0.6) is 0 Å². The summed E-state index contributed by atoms with van der Waals surface area (Å²) in [6.45, 7) is 5.25. The lowest BCUT2D eigenvalue weighted by atomic mass is 10.0. The highest BCUT2D eigenvalue weighted by Gasteiger charge is 2.34. The topological polar surface area (TPSA) is 105 Å². The fourth-order valence-electron chi connectivity index (χ4n) is 3.26. The lowest BCUT2D eigenvalue weighted by Crippen LogP contribution is -2.54. The summed E-state index contributed by atoms with van der Waals surface area (Å²) in [5, 5.41) is 5.93. The number of carbonyl (C=O) groups excluding carboxylic acids is 3. The number of nitrogens with one attached hydrogen (secondary N) is 2. The quantitative estimate of drug-likeness (QED) is 0.368. The first-order valence-electron chi connectivity index (χ1n) is 9.38. The summed E-state index contributed by atoms with van der Waals surface area (Å²) < 4.78 is 0. The summed E-state index contributed by atoms with van der Waals surface area (Å²) in [6, 6.07) is -1.29. The van der Waals surface area contributed by atoms with Crippen molar-refractivity contribution in [1.29, 1.82) is 0 Å². The second kappa shape index (κ2) is 11.2. The van der Waals surface area contributed by atoms with Crippen molar-refractivity contribution in [2.24, 2.45) is 11.7 Å². The summed E-state index contributed by atoms with van der Waals surface area (Å²) in [4.78, 5) is 38.3. The molecule has 144 valence electrons. The van der Waals surface area contributed by atoms with Gasteiger partial charge in [-0.05, 0) is 58.0 Å². The molecule has 0 radical (unpaired) electrons. The summed E-state index contributed by atoms with van der Waals surface area (Å²) >= 11 is 0. The maximum atomic E-state index is 12.9. The Morgan fingerprint density at radius 3 is 2.56 bits per heavy atom. The van der Waals surface area contributed by atoms with E-state index in [2.05, 4.69) is 24.5 Å². The molecule has 0 spiro atoms. The Kier molecular flexibility index (Phi) is 9.67. The van der Waals surface area contributed by atoms with Crippen LogP contribution in [0.25, 0.3) is 0 Å². The molecule has 7 heteroatoms. The second-order valence-corrected chi connectivity index (χ2v) is 7.19. The molecule has 1 fully saturated rings. The molecule has 0 aromatic carbocycles. The minimum atomic E-state index is -0.595. The smallest absolute Gasteiger partial charge is 0.245 e. The van der Waals surface area contributed by atoms with Crippen LogP contribution in [-0.4, -0.2) is 61.3 Å². The molecule has 0 unspecified atom stereocenters. The molecule has 2 amide bonds. The molecule has 3 atom stereocenters. The molecule has 1 aliphatic heterocycles. The molecule has 1 aliphatic rings. The molecule has 0 saturated carbocycles. The van der Waals surface area contributed by atoms with Gasteiger partial charge in [0.1, 0.15) is 12.3 Å². The summed E-state index contributed by atoms with van der Waals surface area (Å²) in [5.41, 5.74) is 5.54. The van der Waals surface area contributed by atoms with E-state index in [0.29, 0.717) is 38.3 Å². The Labute approximate surface area is 151 Å². The van der Waals surface area contributed by atoms with Crippen molar-refractivity contribution in [3.63, 3.8) is 0 Å². The van der Waals surface area contributed by atoms with Gasteiger partial charge in [0.2, 0.25) is 11.8 Å². The van der Waals surface area contributed by atoms with E-state index in [4.69, 9.17) is 5.73 Å². The largest absolute Gasteiger partial charge is 0.343 e. The summed E-state index contributed by atoms with van der Waals surface area (Å²) in [7, 11) is 1.75. The van der Waals surface area contributed by atoms with Crippen molar-refractivity contribution >= 4 is 18.1 Å². The number of carbonyl (C=O) groups is 3. The Morgan fingerprint density at radius 2 is 2.00 bits per heavy atom. The van der Waals surface area contributed by atoms with E-state index < -0.39 is 6.04 Å². The number of likely N-dealkylation sites (N-methyl/N-ethyl adjacent to an activating group) is 1. The van der Waals surface area contributed by atoms with Gasteiger partial charge in [0, 0.05) is 6.54 Å². The average Bonchev–Trinajstić information content (AvgIpc) is 3.06. The number of nitrogens with zero attached hydrogens (tertiary/aromatic N) is 1. The van der Waals surface area contributed by atoms with Crippen molar-refractivity contribution in [2.75, 3.05) is 20.1 Å². The monoisotopic (exact) mass is 354 g/mol. The predicted octanol–water partition coefficient (Wildman–Crippen LogP) is 0.424. The molecule has 1 heterocycles. The van der Waals surface area contributed by atoms with E-state index in [0.717, 1.165) is 25.5 Å². The summed E-state index contributed by atoms with van der Waals surface area (Å²) in [5.74, 6) is 0.0520. The normalized spacial score (nSPS) is 19.7. The van der Waals surface area contributed by atoms with Crippen LogP contribution in [0.15, 0.2) is 0 Å². The Morgan fingerprint density at radius 1 is 1.28 bits per heavy atom. The number of hydrogen-bond donors (Lipinski definition) is 3. The van der Waals surface area contributed by atoms with E-state index in [1.165, 1.54) is 0 Å². The van der Waals surface area contributed by atoms with Crippen molar-refractivity contribution in [3.8, 4) is 0 Å². The lowest BCUT2D eigenvalue weighted by molar-refractivity contribution is -0.139. The van der Waals surface area contributed by atoms with Gasteiger partial charge < -0.3 is 26.1 Å². The van der Waals surface area contributed by atoms with E-state index >= 15 is 0 Å². The third-order valence-electron chi connectivity index (χ3n) is 4.67. The number of likely N-dealkylation sites (tertiary alicyclic amines) is 1. The van der Waals surface area contributed by atoms with Crippen molar-refractivity contribution in [2.45, 2.75) is 70.5 Å². The third kappa shape index (κ3) is 6.74. The third-order valence-corrected chi connectivity index (χ3v) is 4.67. The highest BCUT2D eigenvalue weighted by Crippen LogP contribution is 2.18. The summed E-state index contributed by atoms with van der Waals surface area (Å²) in [6.07, 6.45) is 5.17. The highest BCUT2D eigenvalue weighted by molar-refractivity contribution is 5.91. The van der Waals surface area contributed by atoms with Gasteiger partial charge in [0.25, 0.3) is 0 Å². The van der Waals surface area contributed by atoms with Crippen LogP contribution in [0.4, 0.5) is 0 Å². The standard InChI is InChI=1S/C18H34N4O3/c1-13(2)11-16(20-3)17(24)21-15(8-4-5-9-19)18(25)22-10-6-7-14(22)12-23/h12-16,20H,4-11,19H2,1-3H3,(H,21,24)/t14-,15-,16-/m0/s1. The Bertz CT molecular complexity index is 442. The number of hydrogen-bond acceptors (Lipinski definition) is 5. The number of rotatable bonds is 11. The number of unbranched alkanes of at least 4 members (excludes halogenated alkanes) is 1. The van der Waals surface area contributed by atoms with Crippen LogP contribution in [-0.2, 0) is 14.4 Å². The first-order chi connectivity index (χ1) is 11.9. The van der Waals surface area contributed by atoms with Crippen molar-refractivity contribution in [1.82, 2.24) is 15.5 Å². The molecule has 25 heavy (non-hydrogen) atoms. The highest BCUT2D eigenvalue weighted by atomic mass is 16.2. The molecule has 0 aromatic heterocycles. The van der Waals surface area contributed by atoms with Gasteiger partial charge in [-0.15, -0.1) is 0 Å². The van der Waals surface area contributed by atoms with Gasteiger partial charge >= 0.3 is 0 Å². The molecule has 4 N–H and O–H groups in total. The predicted molar refractivity (Wildman–Crippen MR) is 97.9 cm³/mol. The maximum Gasteiger partial charge on any atom is 0.245 e. The van der Waals surface area contributed by atoms with Crippen molar-refractivity contribution < 1.29 is 14.4 Å². The molecule has 0 aliphatic carbocycles. The zero-order chi connectivity index (χ0) is 18.8. The van der Waals surface area contributed by atoms with Crippen molar-refractivity contribution in [3.05, 3.63) is 0 Å². The van der Waals surface area contributed by atoms with Gasteiger partial charge in [-0.2, -0.15) is 0 Å². The zero-order valence-electron chi connectivity index (χ0n) is 15.8. The maximum absolute atomic E-state index is 12.9. The molecular weight excluding hydrogens is 320 g/mol. The minimum Gasteiger partial charge on any atom is -0.343 e. The van der Waals surface area contributed by atoms with E-state index in [1.54, 1.807) is 11.9 Å². The average molecular weight is 354 g/mol. The molecule has 7 nitrogen and oxygen atoms in total. The fourth-order valence-corrected chi connectivity index (χ4v) is 3.26. The Balaban J connectivity index is 2.79. The molecule has 1 saturated heterocycles. The van der Waals surface area contributed by atoms with Crippen LogP contribution in [0, 0.1) is 5.92 Å². The number of amides is 2. The van der Waals surface area contributed by atoms with Crippen LogP contribution < -0.4 is 16.4 Å². The molecular formula is C18H34N4O3. The van der Waals surface area contributed by atoms with Gasteiger partial charge in [-0.3, -0.25) is 9.59 Å². The van der Waals surface area contributed by atoms with Gasteiger partial charge in [-0.1, -0.05) is 13.8 Å². The molecule has 1 rings (SSSR count).